The number of hydrogen-bond acceptors (Lipinski definition) is 4. The van der Waals surface area contributed by atoms with E-state index in [0.29, 0.717) is 12.4 Å². The topological polar surface area (TPSA) is 67.5 Å². The Kier molecular flexibility index (Phi) is 4.60. The first kappa shape index (κ1) is 15.5. The van der Waals surface area contributed by atoms with Crippen molar-refractivity contribution in [3.05, 3.63) is 60.4 Å². The average Bonchev–Trinajstić information content (AvgIpc) is 2.93. The lowest BCUT2D eigenvalue weighted by Gasteiger charge is -2.16. The second kappa shape index (κ2) is 6.81. The van der Waals surface area contributed by atoms with Crippen LogP contribution >= 0.6 is 0 Å². The Balaban J connectivity index is 1.76. The molecule has 5 nitrogen and oxygen atoms in total. The molecule has 2 N–H and O–H groups in total. The smallest absolute Gasteiger partial charge is 0.138 e. The summed E-state index contributed by atoms with van der Waals surface area (Å²) in [7, 11) is 0. The van der Waals surface area contributed by atoms with Gasteiger partial charge in [0.15, 0.2) is 0 Å². The molecule has 0 saturated heterocycles. The highest BCUT2D eigenvalue weighted by molar-refractivity contribution is 5.76. The fraction of sp³-hybridized carbons (Fsp3) is 0.278. The van der Waals surface area contributed by atoms with Gasteiger partial charge in [0.2, 0.25) is 0 Å². The maximum atomic E-state index is 10.3. The summed E-state index contributed by atoms with van der Waals surface area (Å²) in [6.07, 6.45) is -1.41. The molecule has 120 valence electrons. The normalized spacial score (nSPS) is 13.9. The average molecular weight is 312 g/mol. The zero-order valence-electron chi connectivity index (χ0n) is 13.0. The van der Waals surface area contributed by atoms with Gasteiger partial charge in [0.1, 0.15) is 30.4 Å². The maximum Gasteiger partial charge on any atom is 0.138 e. The van der Waals surface area contributed by atoms with Crippen LogP contribution in [0.1, 0.15) is 18.9 Å². The van der Waals surface area contributed by atoms with E-state index in [1.807, 2.05) is 59.2 Å². The predicted molar refractivity (Wildman–Crippen MR) is 88.3 cm³/mol. The van der Waals surface area contributed by atoms with Gasteiger partial charge in [-0.15, -0.1) is 0 Å². The molecule has 0 amide bonds. The number of aliphatic hydroxyl groups is 2. The van der Waals surface area contributed by atoms with Crippen molar-refractivity contribution < 1.29 is 14.9 Å². The zero-order chi connectivity index (χ0) is 16.2. The number of benzene rings is 2. The molecule has 2 aromatic carbocycles. The third-order valence-electron chi connectivity index (χ3n) is 3.64. The standard InChI is InChI=1S/C18H20N2O3/c1-13(21)18-19-16-9-5-6-10-17(16)20(18)11-14(22)12-23-15-7-3-2-4-8-15/h2-10,13-14,21-22H,11-12H2,1H3/t13-,14+/m0/s1. The fourth-order valence-corrected chi connectivity index (χ4v) is 2.58. The van der Waals surface area contributed by atoms with Gasteiger partial charge in [0, 0.05) is 0 Å². The van der Waals surface area contributed by atoms with Crippen molar-refractivity contribution in [2.45, 2.75) is 25.7 Å². The number of para-hydroxylation sites is 3. The summed E-state index contributed by atoms with van der Waals surface area (Å²) in [5, 5.41) is 20.2. The molecule has 23 heavy (non-hydrogen) atoms. The molecular weight excluding hydrogens is 292 g/mol. The van der Waals surface area contributed by atoms with Gasteiger partial charge in [-0.3, -0.25) is 0 Å². The number of imidazole rings is 1. The largest absolute Gasteiger partial charge is 0.491 e. The lowest BCUT2D eigenvalue weighted by molar-refractivity contribution is 0.0895. The molecule has 0 aliphatic rings. The molecule has 2 atom stereocenters. The highest BCUT2D eigenvalue weighted by atomic mass is 16.5. The van der Waals surface area contributed by atoms with Crippen molar-refractivity contribution in [3.63, 3.8) is 0 Å². The molecule has 1 heterocycles. The van der Waals surface area contributed by atoms with Gasteiger partial charge >= 0.3 is 0 Å². The van der Waals surface area contributed by atoms with E-state index in [1.54, 1.807) is 6.92 Å². The van der Waals surface area contributed by atoms with E-state index in [1.165, 1.54) is 0 Å². The summed E-state index contributed by atoms with van der Waals surface area (Å²) in [6.45, 7) is 2.16. The van der Waals surface area contributed by atoms with Gasteiger partial charge in [-0.05, 0) is 31.2 Å². The predicted octanol–water partition coefficient (Wildman–Crippen LogP) is 2.53. The van der Waals surface area contributed by atoms with Crippen LogP contribution in [0, 0.1) is 0 Å². The molecule has 0 fully saturated rings. The molecule has 0 radical (unpaired) electrons. The molecule has 0 saturated carbocycles. The molecule has 1 aromatic heterocycles. The van der Waals surface area contributed by atoms with E-state index in [2.05, 4.69) is 4.98 Å². The van der Waals surface area contributed by atoms with Crippen molar-refractivity contribution in [2.75, 3.05) is 6.61 Å². The molecule has 0 unspecified atom stereocenters. The van der Waals surface area contributed by atoms with Crippen LogP contribution in [0.2, 0.25) is 0 Å². The third kappa shape index (κ3) is 3.52. The number of fused-ring (bicyclic) bond motifs is 1. The molecule has 0 spiro atoms. The van der Waals surface area contributed by atoms with Crippen LogP contribution < -0.4 is 4.74 Å². The molecular formula is C18H20N2O3. The zero-order valence-corrected chi connectivity index (χ0v) is 13.0. The van der Waals surface area contributed by atoms with Gasteiger partial charge in [-0.2, -0.15) is 0 Å². The number of nitrogens with zero attached hydrogens (tertiary/aromatic N) is 2. The Hall–Kier alpha value is -2.37. The third-order valence-corrected chi connectivity index (χ3v) is 3.64. The van der Waals surface area contributed by atoms with Crippen LogP contribution in [0.4, 0.5) is 0 Å². The summed E-state index contributed by atoms with van der Waals surface area (Å²) in [4.78, 5) is 4.44. The Bertz CT molecular complexity index is 768. The SMILES string of the molecule is C[C@H](O)c1nc2ccccc2n1C[C@@H](O)COc1ccccc1. The van der Waals surface area contributed by atoms with Crippen molar-refractivity contribution in [2.24, 2.45) is 0 Å². The number of aromatic nitrogens is 2. The first-order chi connectivity index (χ1) is 11.1. The highest BCUT2D eigenvalue weighted by Gasteiger charge is 2.17. The summed E-state index contributed by atoms with van der Waals surface area (Å²) in [5.74, 6) is 1.27. The maximum absolute atomic E-state index is 10.3. The van der Waals surface area contributed by atoms with Crippen LogP contribution in [-0.4, -0.2) is 32.5 Å². The van der Waals surface area contributed by atoms with Crippen molar-refractivity contribution in [1.29, 1.82) is 0 Å². The molecule has 5 heteroatoms. The lowest BCUT2D eigenvalue weighted by Crippen LogP contribution is -2.25. The van der Waals surface area contributed by atoms with E-state index in [4.69, 9.17) is 4.74 Å². The van der Waals surface area contributed by atoms with E-state index in [9.17, 15) is 10.2 Å². The van der Waals surface area contributed by atoms with Gasteiger partial charge in [-0.1, -0.05) is 30.3 Å². The highest BCUT2D eigenvalue weighted by Crippen LogP contribution is 2.21. The first-order valence-corrected chi connectivity index (χ1v) is 7.64. The van der Waals surface area contributed by atoms with Crippen molar-refractivity contribution in [1.82, 2.24) is 9.55 Å². The van der Waals surface area contributed by atoms with Crippen LogP contribution in [0.5, 0.6) is 5.75 Å². The summed E-state index contributed by atoms with van der Waals surface area (Å²) >= 11 is 0. The van der Waals surface area contributed by atoms with Crippen LogP contribution in [-0.2, 0) is 6.54 Å². The Morgan fingerprint density at radius 2 is 1.74 bits per heavy atom. The molecule has 0 aliphatic heterocycles. The first-order valence-electron chi connectivity index (χ1n) is 7.64. The molecule has 0 bridgehead atoms. The van der Waals surface area contributed by atoms with E-state index in [-0.39, 0.29) is 6.61 Å². The Morgan fingerprint density at radius 3 is 2.48 bits per heavy atom. The van der Waals surface area contributed by atoms with E-state index >= 15 is 0 Å². The van der Waals surface area contributed by atoms with E-state index < -0.39 is 12.2 Å². The fourth-order valence-electron chi connectivity index (χ4n) is 2.58. The number of aliphatic hydroxyl groups excluding tert-OH is 2. The van der Waals surface area contributed by atoms with Crippen LogP contribution in [0.15, 0.2) is 54.6 Å². The summed E-state index contributed by atoms with van der Waals surface area (Å²) in [6, 6.07) is 17.0. The number of hydrogen-bond donors (Lipinski definition) is 2. The Morgan fingerprint density at radius 1 is 1.04 bits per heavy atom. The molecule has 0 aliphatic carbocycles. The summed E-state index contributed by atoms with van der Waals surface area (Å²) < 4.78 is 7.43. The van der Waals surface area contributed by atoms with Crippen molar-refractivity contribution in [3.8, 4) is 5.75 Å². The van der Waals surface area contributed by atoms with E-state index in [0.717, 1.165) is 16.8 Å². The van der Waals surface area contributed by atoms with Gasteiger partial charge in [-0.25, -0.2) is 4.98 Å². The van der Waals surface area contributed by atoms with Gasteiger partial charge in [0.25, 0.3) is 0 Å². The summed E-state index contributed by atoms with van der Waals surface area (Å²) in [5.41, 5.74) is 1.70. The number of ether oxygens (including phenoxy) is 1. The minimum atomic E-state index is -0.704. The van der Waals surface area contributed by atoms with Crippen LogP contribution in [0.25, 0.3) is 11.0 Å². The second-order valence-electron chi connectivity index (χ2n) is 5.52. The number of rotatable bonds is 6. The lowest BCUT2D eigenvalue weighted by atomic mass is 10.3. The monoisotopic (exact) mass is 312 g/mol. The van der Waals surface area contributed by atoms with Gasteiger partial charge in [0.05, 0.1) is 17.6 Å². The van der Waals surface area contributed by atoms with Gasteiger partial charge < -0.3 is 19.5 Å². The van der Waals surface area contributed by atoms with Crippen molar-refractivity contribution >= 4 is 11.0 Å². The minimum Gasteiger partial charge on any atom is -0.491 e. The quantitative estimate of drug-likeness (QED) is 0.734. The molecule has 3 aromatic rings. The molecule has 3 rings (SSSR count). The Labute approximate surface area is 134 Å². The minimum absolute atomic E-state index is 0.176. The van der Waals surface area contributed by atoms with Crippen LogP contribution in [0.3, 0.4) is 0 Å². The second-order valence-corrected chi connectivity index (χ2v) is 5.52.